The summed E-state index contributed by atoms with van der Waals surface area (Å²) >= 11 is 0. The molecule has 0 bridgehead atoms. The van der Waals surface area contributed by atoms with Gasteiger partial charge in [0.2, 0.25) is 0 Å². The van der Waals surface area contributed by atoms with E-state index in [1.165, 1.54) is 0 Å². The molecule has 0 aromatic heterocycles. The zero-order valence-corrected chi connectivity index (χ0v) is 24.2. The molecule has 0 fully saturated rings. The summed E-state index contributed by atoms with van der Waals surface area (Å²) in [4.78, 5) is 0. The van der Waals surface area contributed by atoms with Crippen LogP contribution in [0.4, 0.5) is 0 Å². The molecule has 0 rings (SSSR count). The number of hydrogen-bond acceptors (Lipinski definition) is 6. The number of hydrogen-bond donors (Lipinski definition) is 0. The van der Waals surface area contributed by atoms with Crippen molar-refractivity contribution >= 4 is 75.2 Å². The summed E-state index contributed by atoms with van der Waals surface area (Å²) in [6.07, 6.45) is 0. The van der Waals surface area contributed by atoms with E-state index in [9.17, 15) is 0 Å². The van der Waals surface area contributed by atoms with Crippen molar-refractivity contribution in [1.82, 2.24) is 0 Å². The highest BCUT2D eigenvalue weighted by Crippen LogP contribution is 2.26. The van der Waals surface area contributed by atoms with Gasteiger partial charge < -0.3 is 24.7 Å². The molecule has 0 aromatic carbocycles. The van der Waals surface area contributed by atoms with Crippen LogP contribution < -0.4 is 0 Å². The Morgan fingerprint density at radius 1 is 0.400 bits per heavy atom. The molecule has 0 heterocycles. The van der Waals surface area contributed by atoms with Gasteiger partial charge in [-0.15, -0.1) is 0 Å². The minimum Gasteiger partial charge on any atom is -0.420 e. The van der Waals surface area contributed by atoms with E-state index in [0.717, 1.165) is 0 Å². The Hall–Kier alpha value is 1.50. The normalized spacial score (nSPS) is 21.3. The SMILES string of the molecule is C[SiH2]O[Si](O[SiH2]C)(O[SiH2]C)[Si](O[SiH2]C)(O[SiH2]C)O[SiH2]C. The highest BCUT2D eigenvalue weighted by atomic mass is 29.3. The molecule has 0 unspecified atom stereocenters. The Morgan fingerprint density at radius 2 is 0.550 bits per heavy atom. The fraction of sp³-hybridized carbons (Fsp3) is 1.00. The van der Waals surface area contributed by atoms with E-state index in [2.05, 4.69) is 39.3 Å². The van der Waals surface area contributed by atoms with Crippen LogP contribution in [-0.2, 0) is 24.7 Å². The van der Waals surface area contributed by atoms with Gasteiger partial charge in [-0.3, -0.25) is 0 Å². The first-order chi connectivity index (χ1) is 9.61. The van der Waals surface area contributed by atoms with Gasteiger partial charge in [0.25, 0.3) is 0 Å². The monoisotopic (exact) mass is 422 g/mol. The van der Waals surface area contributed by atoms with Crippen LogP contribution >= 0.6 is 0 Å². The Labute approximate surface area is 139 Å². The zero-order valence-electron chi connectivity index (χ0n) is 13.7. The Bertz CT molecular complexity index is 189. The van der Waals surface area contributed by atoms with Crippen molar-refractivity contribution in [2.75, 3.05) is 0 Å². The van der Waals surface area contributed by atoms with E-state index in [0.29, 0.717) is 0 Å². The van der Waals surface area contributed by atoms with Gasteiger partial charge in [-0.1, -0.05) is 39.3 Å². The smallest absolute Gasteiger partial charge is 0.420 e. The van der Waals surface area contributed by atoms with Crippen LogP contribution in [0.5, 0.6) is 0 Å². The van der Waals surface area contributed by atoms with Gasteiger partial charge in [-0.25, -0.2) is 0 Å². The molecule has 0 aliphatic heterocycles. The van der Waals surface area contributed by atoms with Crippen molar-refractivity contribution in [2.45, 2.75) is 39.3 Å². The van der Waals surface area contributed by atoms with Crippen LogP contribution in [0, 0.1) is 0 Å². The van der Waals surface area contributed by atoms with Gasteiger partial charge in [0, 0.05) is 0 Å². The Balaban J connectivity index is 5.62. The van der Waals surface area contributed by atoms with Gasteiger partial charge in [0.15, 0.2) is 0 Å². The molecule has 0 atom stereocenters. The third kappa shape index (κ3) is 5.60. The molecule has 0 radical (unpaired) electrons. The minimum absolute atomic E-state index is 0.664. The Kier molecular flexibility index (Phi) is 12.9. The minimum atomic E-state index is -2.88. The molecule has 0 N–H and O–H groups in total. The number of rotatable bonds is 13. The third-order valence-electron chi connectivity index (χ3n) is 2.38. The van der Waals surface area contributed by atoms with Crippen molar-refractivity contribution in [3.8, 4) is 0 Å². The van der Waals surface area contributed by atoms with Crippen LogP contribution in [0.25, 0.3) is 0 Å². The summed E-state index contributed by atoms with van der Waals surface area (Å²) in [5, 5.41) is 0. The molecule has 0 saturated carbocycles. The molecule has 0 aliphatic carbocycles. The van der Waals surface area contributed by atoms with Crippen LogP contribution in [0.15, 0.2) is 0 Å². The van der Waals surface area contributed by atoms with E-state index in [-0.39, 0.29) is 0 Å². The lowest BCUT2D eigenvalue weighted by molar-refractivity contribution is 0.228. The second-order valence-corrected chi connectivity index (χ2v) is 20.0. The molecule has 6 nitrogen and oxygen atoms in total. The highest BCUT2D eigenvalue weighted by Gasteiger charge is 2.69. The van der Waals surface area contributed by atoms with Gasteiger partial charge in [0.1, 0.15) is 58.6 Å². The lowest BCUT2D eigenvalue weighted by Gasteiger charge is -2.42. The summed E-state index contributed by atoms with van der Waals surface area (Å²) in [6.45, 7) is 12.7. The molecular weight excluding hydrogens is 393 g/mol. The summed E-state index contributed by atoms with van der Waals surface area (Å²) in [5.74, 6) is 0. The fourth-order valence-corrected chi connectivity index (χ4v) is 39.1. The molecule has 20 heavy (non-hydrogen) atoms. The predicted octanol–water partition coefficient (Wildman–Crippen LogP) is -3.17. The maximum absolute atomic E-state index is 6.19. The van der Waals surface area contributed by atoms with E-state index in [4.69, 9.17) is 24.7 Å². The lowest BCUT2D eigenvalue weighted by Crippen LogP contribution is -2.75. The summed E-state index contributed by atoms with van der Waals surface area (Å²) in [6, 6.07) is 0. The van der Waals surface area contributed by atoms with E-state index < -0.39 is 75.2 Å². The lowest BCUT2D eigenvalue weighted by atomic mass is 11.9. The first kappa shape index (κ1) is 21.5. The van der Waals surface area contributed by atoms with Crippen molar-refractivity contribution in [2.24, 2.45) is 0 Å². The average Bonchev–Trinajstić information content (AvgIpc) is 2.40. The average molecular weight is 423 g/mol. The van der Waals surface area contributed by atoms with E-state index in [1.54, 1.807) is 0 Å². The third-order valence-corrected chi connectivity index (χ3v) is 29.2. The van der Waals surface area contributed by atoms with Crippen LogP contribution in [0.1, 0.15) is 0 Å². The highest BCUT2D eigenvalue weighted by molar-refractivity contribution is 7.31. The molecule has 0 aliphatic rings. The van der Waals surface area contributed by atoms with Crippen LogP contribution in [-0.4, -0.2) is 75.2 Å². The molecule has 122 valence electrons. The van der Waals surface area contributed by atoms with Gasteiger partial charge in [0.05, 0.1) is 0 Å². The van der Waals surface area contributed by atoms with E-state index >= 15 is 0 Å². The second kappa shape index (κ2) is 12.0. The first-order valence-corrected chi connectivity index (χ1v) is 23.8. The predicted molar refractivity (Wildman–Crippen MR) is 104 cm³/mol. The summed E-state index contributed by atoms with van der Waals surface area (Å²) in [7, 11) is -9.74. The standard InChI is InChI=1S/C6H30O6Si8/c1-13-7-19(8-14-2,9-15-3)20(10-16-4,11-17-5)12-18-6/h13-18H2,1-6H3. The molecule has 0 aromatic rings. The van der Waals surface area contributed by atoms with Gasteiger partial charge in [-0.2, -0.15) is 0 Å². The van der Waals surface area contributed by atoms with E-state index in [1.807, 2.05) is 0 Å². The molecule has 0 amide bonds. The van der Waals surface area contributed by atoms with Crippen molar-refractivity contribution in [3.63, 3.8) is 0 Å². The van der Waals surface area contributed by atoms with Gasteiger partial charge in [-0.05, 0) is 0 Å². The largest absolute Gasteiger partial charge is 0.542 e. The van der Waals surface area contributed by atoms with Crippen LogP contribution in [0.2, 0.25) is 39.3 Å². The molecule has 14 heteroatoms. The van der Waals surface area contributed by atoms with Gasteiger partial charge >= 0.3 is 16.6 Å². The van der Waals surface area contributed by atoms with Crippen molar-refractivity contribution < 1.29 is 24.7 Å². The van der Waals surface area contributed by atoms with Crippen LogP contribution in [0.3, 0.4) is 0 Å². The Morgan fingerprint density at radius 3 is 0.650 bits per heavy atom. The summed E-state index contributed by atoms with van der Waals surface area (Å²) < 4.78 is 37.1. The quantitative estimate of drug-likeness (QED) is 0.292. The molecular formula is C6H30O6Si8. The maximum Gasteiger partial charge on any atom is 0.542 e. The zero-order chi connectivity index (χ0) is 15.5. The van der Waals surface area contributed by atoms with Crippen molar-refractivity contribution in [1.29, 1.82) is 0 Å². The fourth-order valence-electron chi connectivity index (χ4n) is 1.92. The van der Waals surface area contributed by atoms with Crippen molar-refractivity contribution in [3.05, 3.63) is 0 Å². The first-order valence-electron chi connectivity index (χ1n) is 7.45. The molecule has 0 spiro atoms. The maximum atomic E-state index is 6.19. The topological polar surface area (TPSA) is 55.4 Å². The molecule has 0 saturated heterocycles. The summed E-state index contributed by atoms with van der Waals surface area (Å²) in [5.41, 5.74) is 0. The second-order valence-electron chi connectivity index (χ2n) is 3.71.